The SMILES string of the molecule is Cc1ccc(C(=O)CNCC2CCCO2)c(C)c1. The molecule has 18 heavy (non-hydrogen) atoms. The standard InChI is InChI=1S/C15H21NO2/c1-11-5-6-14(12(2)8-11)15(17)10-16-9-13-4-3-7-18-13/h5-6,8,13,16H,3-4,7,9-10H2,1-2H3. The minimum Gasteiger partial charge on any atom is -0.377 e. The highest BCUT2D eigenvalue weighted by Crippen LogP contribution is 2.12. The monoisotopic (exact) mass is 247 g/mol. The van der Waals surface area contributed by atoms with E-state index in [0.29, 0.717) is 6.54 Å². The van der Waals surface area contributed by atoms with E-state index < -0.39 is 0 Å². The number of aryl methyl sites for hydroxylation is 2. The van der Waals surface area contributed by atoms with Gasteiger partial charge in [0.05, 0.1) is 12.6 Å². The third kappa shape index (κ3) is 3.40. The van der Waals surface area contributed by atoms with Gasteiger partial charge in [0.2, 0.25) is 0 Å². The topological polar surface area (TPSA) is 38.3 Å². The zero-order chi connectivity index (χ0) is 13.0. The van der Waals surface area contributed by atoms with Crippen LogP contribution < -0.4 is 5.32 Å². The number of carbonyl (C=O) groups excluding carboxylic acids is 1. The molecule has 3 heteroatoms. The lowest BCUT2D eigenvalue weighted by molar-refractivity contribution is 0.0955. The van der Waals surface area contributed by atoms with Gasteiger partial charge in [-0.3, -0.25) is 4.79 Å². The van der Waals surface area contributed by atoms with Gasteiger partial charge in [-0.1, -0.05) is 23.8 Å². The first-order valence-electron chi connectivity index (χ1n) is 6.59. The number of Topliss-reactive ketones (excluding diaryl/α,β-unsaturated/α-hetero) is 1. The van der Waals surface area contributed by atoms with Gasteiger partial charge in [-0.25, -0.2) is 0 Å². The van der Waals surface area contributed by atoms with Crippen molar-refractivity contribution in [3.63, 3.8) is 0 Å². The molecular weight excluding hydrogens is 226 g/mol. The van der Waals surface area contributed by atoms with E-state index in [1.54, 1.807) is 0 Å². The summed E-state index contributed by atoms with van der Waals surface area (Å²) in [6.45, 7) is 6.05. The Kier molecular flexibility index (Phi) is 4.50. The van der Waals surface area contributed by atoms with Gasteiger partial charge in [0.25, 0.3) is 0 Å². The van der Waals surface area contributed by atoms with Crippen molar-refractivity contribution in [2.45, 2.75) is 32.8 Å². The van der Waals surface area contributed by atoms with Gasteiger partial charge in [-0.05, 0) is 32.3 Å². The van der Waals surface area contributed by atoms with Gasteiger partial charge in [0, 0.05) is 18.7 Å². The molecule has 1 aromatic rings. The number of hydrogen-bond acceptors (Lipinski definition) is 3. The minimum atomic E-state index is 0.158. The molecule has 0 saturated carbocycles. The highest BCUT2D eigenvalue weighted by Gasteiger charge is 2.15. The molecule has 0 radical (unpaired) electrons. The zero-order valence-corrected chi connectivity index (χ0v) is 11.2. The van der Waals surface area contributed by atoms with E-state index in [2.05, 4.69) is 5.32 Å². The van der Waals surface area contributed by atoms with Gasteiger partial charge < -0.3 is 10.1 Å². The number of hydrogen-bond donors (Lipinski definition) is 1. The highest BCUT2D eigenvalue weighted by molar-refractivity contribution is 5.98. The summed E-state index contributed by atoms with van der Waals surface area (Å²) < 4.78 is 5.51. The second-order valence-corrected chi connectivity index (χ2v) is 5.01. The molecular formula is C15H21NO2. The summed E-state index contributed by atoms with van der Waals surface area (Å²) in [5, 5.41) is 3.19. The Morgan fingerprint density at radius 2 is 2.28 bits per heavy atom. The summed E-state index contributed by atoms with van der Waals surface area (Å²) >= 11 is 0. The lowest BCUT2D eigenvalue weighted by Gasteiger charge is -2.11. The van der Waals surface area contributed by atoms with Gasteiger partial charge in [0.15, 0.2) is 5.78 Å². The lowest BCUT2D eigenvalue weighted by Crippen LogP contribution is -2.31. The van der Waals surface area contributed by atoms with Crippen molar-refractivity contribution in [1.29, 1.82) is 0 Å². The van der Waals surface area contributed by atoms with Crippen LogP contribution in [0.5, 0.6) is 0 Å². The summed E-state index contributed by atoms with van der Waals surface area (Å²) in [6.07, 6.45) is 2.53. The van der Waals surface area contributed by atoms with E-state index in [1.165, 1.54) is 5.56 Å². The molecule has 1 N–H and O–H groups in total. The third-order valence-corrected chi connectivity index (χ3v) is 3.36. The second-order valence-electron chi connectivity index (χ2n) is 5.01. The molecule has 0 aromatic heterocycles. The van der Waals surface area contributed by atoms with Crippen LogP contribution in [0.15, 0.2) is 18.2 Å². The van der Waals surface area contributed by atoms with Crippen LogP contribution in [0.3, 0.4) is 0 Å². The van der Waals surface area contributed by atoms with Crippen LogP contribution in [0.1, 0.15) is 34.3 Å². The molecule has 1 atom stereocenters. The third-order valence-electron chi connectivity index (χ3n) is 3.36. The summed E-state index contributed by atoms with van der Waals surface area (Å²) in [5.41, 5.74) is 3.07. The summed E-state index contributed by atoms with van der Waals surface area (Å²) in [7, 11) is 0. The molecule has 0 bridgehead atoms. The number of ketones is 1. The average Bonchev–Trinajstić information content (AvgIpc) is 2.81. The maximum Gasteiger partial charge on any atom is 0.176 e. The lowest BCUT2D eigenvalue weighted by atomic mass is 10.0. The van der Waals surface area contributed by atoms with Crippen LogP contribution in [0.4, 0.5) is 0 Å². The van der Waals surface area contributed by atoms with Crippen molar-refractivity contribution < 1.29 is 9.53 Å². The van der Waals surface area contributed by atoms with Crippen molar-refractivity contribution in [3.05, 3.63) is 34.9 Å². The van der Waals surface area contributed by atoms with Crippen LogP contribution in [0.2, 0.25) is 0 Å². The summed E-state index contributed by atoms with van der Waals surface area (Å²) in [5.74, 6) is 0.158. The van der Waals surface area contributed by atoms with Crippen molar-refractivity contribution in [3.8, 4) is 0 Å². The molecule has 98 valence electrons. The largest absolute Gasteiger partial charge is 0.377 e. The fraction of sp³-hybridized carbons (Fsp3) is 0.533. The van der Waals surface area contributed by atoms with Crippen molar-refractivity contribution in [1.82, 2.24) is 5.32 Å². The molecule has 1 aliphatic rings. The Balaban J connectivity index is 1.83. The predicted octanol–water partition coefficient (Wildman–Crippen LogP) is 2.25. The number of ether oxygens (including phenoxy) is 1. The molecule has 0 spiro atoms. The number of carbonyl (C=O) groups is 1. The van der Waals surface area contributed by atoms with Crippen LogP contribution in [-0.2, 0) is 4.74 Å². The predicted molar refractivity (Wildman–Crippen MR) is 72.1 cm³/mol. The van der Waals surface area contributed by atoms with Crippen molar-refractivity contribution in [2.75, 3.05) is 19.7 Å². The van der Waals surface area contributed by atoms with E-state index in [-0.39, 0.29) is 11.9 Å². The number of nitrogens with one attached hydrogen (secondary N) is 1. The Bertz CT molecular complexity index is 423. The first-order chi connectivity index (χ1) is 8.66. The molecule has 3 nitrogen and oxygen atoms in total. The number of benzene rings is 1. The molecule has 1 unspecified atom stereocenters. The smallest absolute Gasteiger partial charge is 0.176 e. The van der Waals surface area contributed by atoms with Crippen LogP contribution >= 0.6 is 0 Å². The first-order valence-corrected chi connectivity index (χ1v) is 6.59. The molecule has 0 amide bonds. The molecule has 2 rings (SSSR count). The molecule has 1 aromatic carbocycles. The summed E-state index contributed by atoms with van der Waals surface area (Å²) in [4.78, 5) is 12.0. The first kappa shape index (κ1) is 13.2. The van der Waals surface area contributed by atoms with E-state index >= 15 is 0 Å². The van der Waals surface area contributed by atoms with E-state index in [0.717, 1.165) is 37.1 Å². The Labute approximate surface area is 109 Å². The highest BCUT2D eigenvalue weighted by atomic mass is 16.5. The number of rotatable bonds is 5. The van der Waals surface area contributed by atoms with E-state index in [4.69, 9.17) is 4.74 Å². The fourth-order valence-electron chi connectivity index (χ4n) is 2.37. The molecule has 1 aliphatic heterocycles. The fourth-order valence-corrected chi connectivity index (χ4v) is 2.37. The molecule has 1 fully saturated rings. The van der Waals surface area contributed by atoms with Crippen molar-refractivity contribution in [2.24, 2.45) is 0 Å². The maximum absolute atomic E-state index is 12.0. The van der Waals surface area contributed by atoms with Gasteiger partial charge in [-0.2, -0.15) is 0 Å². The Morgan fingerprint density at radius 1 is 1.44 bits per heavy atom. The minimum absolute atomic E-state index is 0.158. The Morgan fingerprint density at radius 3 is 2.94 bits per heavy atom. The average molecular weight is 247 g/mol. The van der Waals surface area contributed by atoms with Gasteiger partial charge in [0.1, 0.15) is 0 Å². The van der Waals surface area contributed by atoms with Gasteiger partial charge in [-0.15, -0.1) is 0 Å². The normalized spacial score (nSPS) is 19.1. The van der Waals surface area contributed by atoms with Crippen LogP contribution in [0, 0.1) is 13.8 Å². The van der Waals surface area contributed by atoms with Crippen molar-refractivity contribution >= 4 is 5.78 Å². The Hall–Kier alpha value is -1.19. The summed E-state index contributed by atoms with van der Waals surface area (Å²) in [6, 6.07) is 5.95. The molecule has 1 saturated heterocycles. The second kappa shape index (κ2) is 6.12. The van der Waals surface area contributed by atoms with E-state index in [1.807, 2.05) is 32.0 Å². The molecule has 1 heterocycles. The quantitative estimate of drug-likeness (QED) is 0.811. The molecule has 0 aliphatic carbocycles. The van der Waals surface area contributed by atoms with Crippen LogP contribution in [-0.4, -0.2) is 31.6 Å². The van der Waals surface area contributed by atoms with Gasteiger partial charge >= 0.3 is 0 Å². The zero-order valence-electron chi connectivity index (χ0n) is 11.2. The van der Waals surface area contributed by atoms with Crippen LogP contribution in [0.25, 0.3) is 0 Å². The van der Waals surface area contributed by atoms with E-state index in [9.17, 15) is 4.79 Å². The maximum atomic E-state index is 12.0.